The predicted molar refractivity (Wildman–Crippen MR) is 85.4 cm³/mol. The van der Waals surface area contributed by atoms with Crippen molar-refractivity contribution in [3.63, 3.8) is 0 Å². The minimum atomic E-state index is 0.243. The number of benzene rings is 1. The number of rotatable bonds is 6. The minimum absolute atomic E-state index is 0.243. The van der Waals surface area contributed by atoms with Gasteiger partial charge >= 0.3 is 0 Å². The van der Waals surface area contributed by atoms with Gasteiger partial charge in [-0.15, -0.1) is 0 Å². The molecule has 2 nitrogen and oxygen atoms in total. The average Bonchev–Trinajstić information content (AvgIpc) is 2.84. The molecular formula is C18H29NO. The second-order valence-corrected chi connectivity index (χ2v) is 6.60. The van der Waals surface area contributed by atoms with Crippen LogP contribution in [0, 0.1) is 5.92 Å². The van der Waals surface area contributed by atoms with Crippen LogP contribution in [-0.2, 0) is 0 Å². The van der Waals surface area contributed by atoms with E-state index in [9.17, 15) is 0 Å². The Balaban J connectivity index is 2.05. The van der Waals surface area contributed by atoms with Gasteiger partial charge in [0.05, 0.1) is 6.10 Å². The Hall–Kier alpha value is -1.02. The Morgan fingerprint density at radius 2 is 2.00 bits per heavy atom. The van der Waals surface area contributed by atoms with E-state index in [1.807, 2.05) is 0 Å². The van der Waals surface area contributed by atoms with Crippen LogP contribution in [0.1, 0.15) is 58.4 Å². The lowest BCUT2D eigenvalue weighted by Crippen LogP contribution is -2.30. The summed E-state index contributed by atoms with van der Waals surface area (Å²) in [4.78, 5) is 0. The summed E-state index contributed by atoms with van der Waals surface area (Å²) in [6.45, 7) is 9.74. The molecule has 2 atom stereocenters. The van der Waals surface area contributed by atoms with Gasteiger partial charge in [-0.1, -0.05) is 32.4 Å². The molecule has 2 heteroatoms. The van der Waals surface area contributed by atoms with E-state index >= 15 is 0 Å². The van der Waals surface area contributed by atoms with E-state index in [0.29, 0.717) is 12.0 Å². The smallest absolute Gasteiger partial charge is 0.119 e. The molecule has 0 aromatic heterocycles. The van der Waals surface area contributed by atoms with Crippen molar-refractivity contribution >= 4 is 0 Å². The summed E-state index contributed by atoms with van der Waals surface area (Å²) in [6, 6.07) is 9.30. The monoisotopic (exact) mass is 275 g/mol. The molecule has 0 saturated heterocycles. The van der Waals surface area contributed by atoms with E-state index in [0.717, 1.165) is 18.2 Å². The summed E-state index contributed by atoms with van der Waals surface area (Å²) in [5.74, 6) is 2.48. The Labute approximate surface area is 123 Å². The van der Waals surface area contributed by atoms with Crippen molar-refractivity contribution in [1.29, 1.82) is 0 Å². The predicted octanol–water partition coefficient (Wildman–Crippen LogP) is 4.36. The molecule has 0 radical (unpaired) electrons. The molecule has 1 aromatic carbocycles. The third kappa shape index (κ3) is 4.24. The van der Waals surface area contributed by atoms with Crippen LogP contribution in [0.3, 0.4) is 0 Å². The standard InChI is InChI=1S/C18H29NO/c1-13(2)19-12-16-8-6-10-18(16)15-7-5-9-17(11-15)20-14(3)4/h5,7,9,11,13-14,16,18-19H,6,8,10,12H2,1-4H3. The van der Waals surface area contributed by atoms with Gasteiger partial charge in [-0.25, -0.2) is 0 Å². The van der Waals surface area contributed by atoms with Gasteiger partial charge in [0.1, 0.15) is 5.75 Å². The Bertz CT molecular complexity index is 414. The topological polar surface area (TPSA) is 21.3 Å². The van der Waals surface area contributed by atoms with Crippen LogP contribution >= 0.6 is 0 Å². The van der Waals surface area contributed by atoms with E-state index in [4.69, 9.17) is 4.74 Å². The highest BCUT2D eigenvalue weighted by atomic mass is 16.5. The zero-order valence-corrected chi connectivity index (χ0v) is 13.4. The zero-order chi connectivity index (χ0) is 14.5. The molecule has 0 aliphatic heterocycles. The van der Waals surface area contributed by atoms with Crippen LogP contribution in [0.5, 0.6) is 5.75 Å². The normalized spacial score (nSPS) is 22.7. The van der Waals surface area contributed by atoms with Crippen molar-refractivity contribution < 1.29 is 4.74 Å². The molecule has 112 valence electrons. The van der Waals surface area contributed by atoms with Gasteiger partial charge in [-0.05, 0) is 62.8 Å². The highest BCUT2D eigenvalue weighted by molar-refractivity contribution is 5.32. The van der Waals surface area contributed by atoms with E-state index in [1.54, 1.807) is 0 Å². The lowest BCUT2D eigenvalue weighted by atomic mass is 9.88. The zero-order valence-electron chi connectivity index (χ0n) is 13.4. The fourth-order valence-electron chi connectivity index (χ4n) is 3.20. The summed E-state index contributed by atoms with van der Waals surface area (Å²) in [5, 5.41) is 3.60. The maximum atomic E-state index is 5.83. The van der Waals surface area contributed by atoms with Crippen molar-refractivity contribution in [1.82, 2.24) is 5.32 Å². The van der Waals surface area contributed by atoms with Crippen LogP contribution < -0.4 is 10.1 Å². The van der Waals surface area contributed by atoms with Crippen LogP contribution in [0.25, 0.3) is 0 Å². The van der Waals surface area contributed by atoms with Gasteiger partial charge in [0.2, 0.25) is 0 Å². The molecule has 0 heterocycles. The molecule has 0 amide bonds. The van der Waals surface area contributed by atoms with E-state index in [1.165, 1.54) is 24.8 Å². The first-order valence-electron chi connectivity index (χ1n) is 8.06. The van der Waals surface area contributed by atoms with E-state index in [2.05, 4.69) is 57.3 Å². The van der Waals surface area contributed by atoms with Crippen molar-refractivity contribution in [2.24, 2.45) is 5.92 Å². The summed E-state index contributed by atoms with van der Waals surface area (Å²) in [6.07, 6.45) is 4.26. The van der Waals surface area contributed by atoms with Crippen LogP contribution in [0.4, 0.5) is 0 Å². The second kappa shape index (κ2) is 7.12. The number of ether oxygens (including phenoxy) is 1. The summed E-state index contributed by atoms with van der Waals surface area (Å²) < 4.78 is 5.83. The van der Waals surface area contributed by atoms with Gasteiger partial charge in [-0.2, -0.15) is 0 Å². The maximum absolute atomic E-state index is 5.83. The quantitative estimate of drug-likeness (QED) is 0.833. The minimum Gasteiger partial charge on any atom is -0.491 e. The largest absolute Gasteiger partial charge is 0.491 e. The third-order valence-electron chi connectivity index (χ3n) is 4.11. The van der Waals surface area contributed by atoms with Crippen molar-refractivity contribution in [2.45, 2.75) is 65.0 Å². The average molecular weight is 275 g/mol. The molecule has 1 aromatic rings. The Morgan fingerprint density at radius 3 is 2.70 bits per heavy atom. The van der Waals surface area contributed by atoms with Crippen LogP contribution in [0.15, 0.2) is 24.3 Å². The molecule has 2 rings (SSSR count). The molecule has 0 spiro atoms. The summed E-state index contributed by atoms with van der Waals surface area (Å²) >= 11 is 0. The van der Waals surface area contributed by atoms with Gasteiger partial charge in [-0.3, -0.25) is 0 Å². The Morgan fingerprint density at radius 1 is 1.20 bits per heavy atom. The summed E-state index contributed by atoms with van der Waals surface area (Å²) in [5.41, 5.74) is 1.45. The summed E-state index contributed by atoms with van der Waals surface area (Å²) in [7, 11) is 0. The van der Waals surface area contributed by atoms with E-state index < -0.39 is 0 Å². The molecule has 1 aliphatic rings. The lowest BCUT2D eigenvalue weighted by Gasteiger charge is -2.22. The molecule has 1 aliphatic carbocycles. The third-order valence-corrected chi connectivity index (χ3v) is 4.11. The lowest BCUT2D eigenvalue weighted by molar-refractivity contribution is 0.242. The van der Waals surface area contributed by atoms with Crippen LogP contribution in [0.2, 0.25) is 0 Å². The van der Waals surface area contributed by atoms with Crippen molar-refractivity contribution in [3.05, 3.63) is 29.8 Å². The first kappa shape index (κ1) is 15.4. The van der Waals surface area contributed by atoms with Gasteiger partial charge in [0.15, 0.2) is 0 Å². The fraction of sp³-hybridized carbons (Fsp3) is 0.667. The number of hydrogen-bond donors (Lipinski definition) is 1. The molecular weight excluding hydrogens is 246 g/mol. The maximum Gasteiger partial charge on any atom is 0.119 e. The van der Waals surface area contributed by atoms with Crippen molar-refractivity contribution in [3.8, 4) is 5.75 Å². The molecule has 2 unspecified atom stereocenters. The van der Waals surface area contributed by atoms with Crippen LogP contribution in [-0.4, -0.2) is 18.7 Å². The molecule has 1 fully saturated rings. The van der Waals surface area contributed by atoms with E-state index in [-0.39, 0.29) is 6.10 Å². The highest BCUT2D eigenvalue weighted by Crippen LogP contribution is 2.40. The number of hydrogen-bond acceptors (Lipinski definition) is 2. The first-order chi connectivity index (χ1) is 9.56. The number of nitrogens with one attached hydrogen (secondary N) is 1. The fourth-order valence-corrected chi connectivity index (χ4v) is 3.20. The first-order valence-corrected chi connectivity index (χ1v) is 8.06. The molecule has 1 saturated carbocycles. The van der Waals surface area contributed by atoms with Gasteiger partial charge in [0, 0.05) is 6.04 Å². The highest BCUT2D eigenvalue weighted by Gasteiger charge is 2.28. The Kier molecular flexibility index (Phi) is 5.47. The molecule has 20 heavy (non-hydrogen) atoms. The van der Waals surface area contributed by atoms with Gasteiger partial charge in [0.25, 0.3) is 0 Å². The molecule has 0 bridgehead atoms. The SMILES string of the molecule is CC(C)NCC1CCCC1c1cccc(OC(C)C)c1. The molecule has 1 N–H and O–H groups in total. The van der Waals surface area contributed by atoms with Gasteiger partial charge < -0.3 is 10.1 Å². The second-order valence-electron chi connectivity index (χ2n) is 6.60. The van der Waals surface area contributed by atoms with Crippen molar-refractivity contribution in [2.75, 3.05) is 6.54 Å².